The normalized spacial score (nSPS) is 11.2. The van der Waals surface area contributed by atoms with Crippen molar-refractivity contribution in [3.63, 3.8) is 0 Å². The van der Waals surface area contributed by atoms with Gasteiger partial charge in [0.2, 0.25) is 0 Å². The Morgan fingerprint density at radius 3 is 2.67 bits per heavy atom. The highest BCUT2D eigenvalue weighted by Gasteiger charge is 2.38. The first-order valence-corrected chi connectivity index (χ1v) is 5.81. The number of aromatic nitrogens is 4. The summed E-state index contributed by atoms with van der Waals surface area (Å²) in [5.74, 6) is -1.38. The Bertz CT molecular complexity index is 647. The molecule has 0 radical (unpaired) electrons. The molecule has 0 aliphatic heterocycles. The second-order valence-corrected chi connectivity index (χ2v) is 3.77. The third-order valence-corrected chi connectivity index (χ3v) is 2.36. The maximum Gasteiger partial charge on any atom is 0.434 e. The van der Waals surface area contributed by atoms with Crippen molar-refractivity contribution >= 4 is 5.97 Å². The maximum atomic E-state index is 13.0. The van der Waals surface area contributed by atoms with Gasteiger partial charge in [0.05, 0.1) is 6.61 Å². The van der Waals surface area contributed by atoms with Crippen molar-refractivity contribution in [3.05, 3.63) is 36.0 Å². The summed E-state index contributed by atoms with van der Waals surface area (Å²) in [5, 5.41) is 0. The van der Waals surface area contributed by atoms with Crippen molar-refractivity contribution in [1.29, 1.82) is 0 Å². The molecule has 9 heteroatoms. The molecule has 21 heavy (non-hydrogen) atoms. The van der Waals surface area contributed by atoms with Crippen molar-refractivity contribution in [2.45, 2.75) is 13.1 Å². The number of carbonyl (C=O) groups is 1. The van der Waals surface area contributed by atoms with Crippen LogP contribution in [0.1, 0.15) is 23.0 Å². The highest BCUT2D eigenvalue weighted by molar-refractivity contribution is 5.90. The third-order valence-electron chi connectivity index (χ3n) is 2.36. The summed E-state index contributed by atoms with van der Waals surface area (Å²) < 4.78 is 43.6. The second kappa shape index (κ2) is 5.81. The van der Waals surface area contributed by atoms with E-state index in [4.69, 9.17) is 0 Å². The van der Waals surface area contributed by atoms with Gasteiger partial charge in [0.15, 0.2) is 11.5 Å². The predicted octanol–water partition coefficient (Wildman–Crippen LogP) is 2.13. The van der Waals surface area contributed by atoms with Crippen molar-refractivity contribution in [2.75, 3.05) is 6.61 Å². The molecule has 0 bridgehead atoms. The van der Waals surface area contributed by atoms with E-state index < -0.39 is 23.4 Å². The van der Waals surface area contributed by atoms with E-state index in [1.54, 1.807) is 0 Å². The predicted molar refractivity (Wildman–Crippen MR) is 64.0 cm³/mol. The summed E-state index contributed by atoms with van der Waals surface area (Å²) in [6, 6.07) is 1.36. The van der Waals surface area contributed by atoms with E-state index in [-0.39, 0.29) is 18.1 Å². The van der Waals surface area contributed by atoms with Crippen LogP contribution in [0.5, 0.6) is 0 Å². The molecule has 0 N–H and O–H groups in total. The van der Waals surface area contributed by atoms with Gasteiger partial charge in [0.25, 0.3) is 0 Å². The van der Waals surface area contributed by atoms with E-state index in [9.17, 15) is 18.0 Å². The molecule has 0 atom stereocenters. The average Bonchev–Trinajstić information content (AvgIpc) is 2.47. The summed E-state index contributed by atoms with van der Waals surface area (Å²) in [4.78, 5) is 26.1. The summed E-state index contributed by atoms with van der Waals surface area (Å²) in [6.07, 6.45) is -1.53. The van der Waals surface area contributed by atoms with Gasteiger partial charge in [-0.15, -0.1) is 0 Å². The molecular weight excluding hydrogens is 289 g/mol. The molecule has 0 saturated carbocycles. The third kappa shape index (κ3) is 3.30. The molecule has 2 rings (SSSR count). The Hall–Kier alpha value is -2.58. The maximum absolute atomic E-state index is 13.0. The van der Waals surface area contributed by atoms with Gasteiger partial charge in [-0.2, -0.15) is 13.2 Å². The van der Waals surface area contributed by atoms with Gasteiger partial charge in [-0.25, -0.2) is 24.7 Å². The number of ether oxygens (including phenoxy) is 1. The summed E-state index contributed by atoms with van der Waals surface area (Å²) in [6.45, 7) is 1.44. The molecule has 6 nitrogen and oxygen atoms in total. The minimum atomic E-state index is -4.81. The Kier molecular flexibility index (Phi) is 4.10. The van der Waals surface area contributed by atoms with Gasteiger partial charge >= 0.3 is 12.1 Å². The number of hydrogen-bond acceptors (Lipinski definition) is 6. The number of rotatable bonds is 3. The molecule has 0 unspecified atom stereocenters. The van der Waals surface area contributed by atoms with E-state index in [2.05, 4.69) is 24.7 Å². The summed E-state index contributed by atoms with van der Waals surface area (Å²) >= 11 is 0. The Morgan fingerprint density at radius 2 is 2.10 bits per heavy atom. The lowest BCUT2D eigenvalue weighted by molar-refractivity contribution is -0.141. The van der Waals surface area contributed by atoms with Gasteiger partial charge in [0.1, 0.15) is 17.6 Å². The molecule has 2 aromatic heterocycles. The van der Waals surface area contributed by atoms with Crippen LogP contribution in [0.15, 0.2) is 24.8 Å². The van der Waals surface area contributed by atoms with Crippen molar-refractivity contribution in [2.24, 2.45) is 0 Å². The number of hydrogen-bond donors (Lipinski definition) is 0. The van der Waals surface area contributed by atoms with Crippen molar-refractivity contribution in [3.8, 4) is 11.5 Å². The van der Waals surface area contributed by atoms with Crippen LogP contribution in [0.4, 0.5) is 13.2 Å². The number of alkyl halides is 3. The summed E-state index contributed by atoms with van der Waals surface area (Å²) in [5.41, 5.74) is -1.97. The monoisotopic (exact) mass is 298 g/mol. The lowest BCUT2D eigenvalue weighted by Crippen LogP contribution is -2.18. The van der Waals surface area contributed by atoms with Gasteiger partial charge in [-0.3, -0.25) is 0 Å². The number of nitrogens with zero attached hydrogens (tertiary/aromatic N) is 4. The largest absolute Gasteiger partial charge is 0.462 e. The molecule has 0 aliphatic rings. The molecule has 110 valence electrons. The molecule has 0 fully saturated rings. The average molecular weight is 298 g/mol. The van der Waals surface area contributed by atoms with Crippen LogP contribution < -0.4 is 0 Å². The minimum Gasteiger partial charge on any atom is -0.462 e. The van der Waals surface area contributed by atoms with Crippen LogP contribution in [-0.2, 0) is 10.9 Å². The first-order chi connectivity index (χ1) is 9.93. The number of esters is 1. The number of carbonyl (C=O) groups excluding carboxylic acids is 1. The smallest absolute Gasteiger partial charge is 0.434 e. The standard InChI is InChI=1S/C12H9F3N4O2/c1-2-21-11(20)7-5-17-10(8-3-4-16-6-18-8)19-9(7)12(13,14)15/h3-6H,2H2,1H3. The minimum absolute atomic E-state index is 0.0518. The van der Waals surface area contributed by atoms with Crippen LogP contribution in [-0.4, -0.2) is 32.5 Å². The van der Waals surface area contributed by atoms with E-state index in [0.717, 1.165) is 12.5 Å². The quantitative estimate of drug-likeness (QED) is 0.808. The molecule has 2 aromatic rings. The zero-order valence-corrected chi connectivity index (χ0v) is 10.8. The van der Waals surface area contributed by atoms with Gasteiger partial charge < -0.3 is 4.74 Å². The highest BCUT2D eigenvalue weighted by atomic mass is 19.4. The van der Waals surface area contributed by atoms with Gasteiger partial charge in [-0.05, 0) is 13.0 Å². The van der Waals surface area contributed by atoms with Crippen LogP contribution in [0, 0.1) is 0 Å². The van der Waals surface area contributed by atoms with Crippen LogP contribution >= 0.6 is 0 Å². The number of halogens is 3. The fourth-order valence-corrected chi connectivity index (χ4v) is 1.50. The fraction of sp³-hybridized carbons (Fsp3) is 0.250. The zero-order chi connectivity index (χ0) is 15.5. The lowest BCUT2D eigenvalue weighted by Gasteiger charge is -2.11. The Balaban J connectivity index is 2.53. The first-order valence-electron chi connectivity index (χ1n) is 5.81. The summed E-state index contributed by atoms with van der Waals surface area (Å²) in [7, 11) is 0. The molecule has 0 aromatic carbocycles. The highest BCUT2D eigenvalue weighted by Crippen LogP contribution is 2.31. The first kappa shape index (κ1) is 14.8. The van der Waals surface area contributed by atoms with Crippen molar-refractivity contribution in [1.82, 2.24) is 19.9 Å². The molecule has 0 amide bonds. The SMILES string of the molecule is CCOC(=O)c1cnc(-c2ccncn2)nc1C(F)(F)F. The van der Waals surface area contributed by atoms with Crippen LogP contribution in [0.3, 0.4) is 0 Å². The van der Waals surface area contributed by atoms with Crippen molar-refractivity contribution < 1.29 is 22.7 Å². The van der Waals surface area contributed by atoms with Gasteiger partial charge in [-0.1, -0.05) is 0 Å². The molecule has 0 aliphatic carbocycles. The van der Waals surface area contributed by atoms with E-state index in [0.29, 0.717) is 0 Å². The van der Waals surface area contributed by atoms with E-state index >= 15 is 0 Å². The van der Waals surface area contributed by atoms with E-state index in [1.165, 1.54) is 19.2 Å². The topological polar surface area (TPSA) is 77.9 Å². The van der Waals surface area contributed by atoms with Crippen LogP contribution in [0.25, 0.3) is 11.5 Å². The Morgan fingerprint density at radius 1 is 1.33 bits per heavy atom. The fourth-order valence-electron chi connectivity index (χ4n) is 1.50. The molecular formula is C12H9F3N4O2. The van der Waals surface area contributed by atoms with Gasteiger partial charge in [0, 0.05) is 12.4 Å². The second-order valence-electron chi connectivity index (χ2n) is 3.77. The molecule has 0 spiro atoms. The van der Waals surface area contributed by atoms with E-state index in [1.807, 2.05) is 0 Å². The zero-order valence-electron chi connectivity index (χ0n) is 10.8. The van der Waals surface area contributed by atoms with Crippen LogP contribution in [0.2, 0.25) is 0 Å². The molecule has 0 saturated heterocycles. The lowest BCUT2D eigenvalue weighted by atomic mass is 10.2. The Labute approximate surface area is 117 Å². The molecule has 2 heterocycles.